The molecule has 0 spiro atoms. The molecule has 94 valence electrons. The number of rotatable bonds is 5. The summed E-state index contributed by atoms with van der Waals surface area (Å²) in [5.74, 6) is 0.690. The highest BCUT2D eigenvalue weighted by Gasteiger charge is 2.15. The normalized spacial score (nSPS) is 10.6. The van der Waals surface area contributed by atoms with Crippen molar-refractivity contribution in [2.75, 3.05) is 23.7 Å². The molecule has 0 bridgehead atoms. The maximum Gasteiger partial charge on any atom is 0.237 e. The molecular formula is C10H16BrN5O. The maximum absolute atomic E-state index is 11.0. The van der Waals surface area contributed by atoms with E-state index >= 15 is 0 Å². The Morgan fingerprint density at radius 2 is 2.18 bits per heavy atom. The molecule has 1 aromatic rings. The third-order valence-corrected chi connectivity index (χ3v) is 2.32. The van der Waals surface area contributed by atoms with Crippen LogP contribution in [-0.2, 0) is 4.79 Å². The number of hydrogen-bond donors (Lipinski definition) is 2. The minimum Gasteiger partial charge on any atom is -0.383 e. The van der Waals surface area contributed by atoms with E-state index in [0.717, 1.165) is 0 Å². The Balaban J connectivity index is 2.98. The Hall–Kier alpha value is -1.37. The van der Waals surface area contributed by atoms with Crippen molar-refractivity contribution in [1.29, 1.82) is 0 Å². The summed E-state index contributed by atoms with van der Waals surface area (Å²) in [7, 11) is 0. The molecule has 1 aromatic heterocycles. The number of primary amides is 1. The lowest BCUT2D eigenvalue weighted by Crippen LogP contribution is -2.37. The van der Waals surface area contributed by atoms with Gasteiger partial charge in [0, 0.05) is 12.6 Å². The predicted molar refractivity (Wildman–Crippen MR) is 70.4 cm³/mol. The standard InChI is InChI=1S/C10H16BrN5O/c1-6(2)4-16(5-9(13)17)10-14-7(11)3-8(12)15-10/h3,6H,4-5H2,1-2H3,(H2,13,17)(H2,12,14,15). The summed E-state index contributed by atoms with van der Waals surface area (Å²) in [6.45, 7) is 4.79. The fraction of sp³-hybridized carbons (Fsp3) is 0.500. The third kappa shape index (κ3) is 4.56. The van der Waals surface area contributed by atoms with Crippen LogP contribution in [0.4, 0.5) is 11.8 Å². The Bertz CT molecular complexity index is 389. The molecule has 0 fully saturated rings. The molecule has 1 amide bonds. The molecule has 6 nitrogen and oxygen atoms in total. The van der Waals surface area contributed by atoms with Gasteiger partial charge in [0.25, 0.3) is 0 Å². The van der Waals surface area contributed by atoms with Crippen molar-refractivity contribution in [2.45, 2.75) is 13.8 Å². The van der Waals surface area contributed by atoms with Crippen molar-refractivity contribution >= 4 is 33.6 Å². The summed E-state index contributed by atoms with van der Waals surface area (Å²) in [6.07, 6.45) is 0. The number of nitrogen functional groups attached to an aromatic ring is 1. The van der Waals surface area contributed by atoms with Crippen LogP contribution in [0.25, 0.3) is 0 Å². The first kappa shape index (κ1) is 13.7. The Morgan fingerprint density at radius 3 is 2.65 bits per heavy atom. The number of nitrogens with two attached hydrogens (primary N) is 2. The van der Waals surface area contributed by atoms with Gasteiger partial charge in [0.2, 0.25) is 11.9 Å². The second-order valence-corrected chi connectivity index (χ2v) is 4.97. The Morgan fingerprint density at radius 1 is 1.53 bits per heavy atom. The quantitative estimate of drug-likeness (QED) is 0.783. The van der Waals surface area contributed by atoms with Crippen molar-refractivity contribution in [2.24, 2.45) is 11.7 Å². The zero-order chi connectivity index (χ0) is 13.0. The van der Waals surface area contributed by atoms with Gasteiger partial charge >= 0.3 is 0 Å². The maximum atomic E-state index is 11.0. The summed E-state index contributed by atoms with van der Waals surface area (Å²) in [5.41, 5.74) is 10.8. The number of carbonyl (C=O) groups excluding carboxylic acids is 1. The van der Waals surface area contributed by atoms with Gasteiger partial charge in [0.05, 0.1) is 6.54 Å². The molecule has 0 unspecified atom stereocenters. The van der Waals surface area contributed by atoms with E-state index < -0.39 is 5.91 Å². The average molecular weight is 302 g/mol. The summed E-state index contributed by atoms with van der Waals surface area (Å²) >= 11 is 3.24. The SMILES string of the molecule is CC(C)CN(CC(N)=O)c1nc(N)cc(Br)n1. The molecule has 1 rings (SSSR count). The van der Waals surface area contributed by atoms with Crippen molar-refractivity contribution in [1.82, 2.24) is 9.97 Å². The first-order valence-electron chi connectivity index (χ1n) is 5.21. The van der Waals surface area contributed by atoms with Crippen molar-refractivity contribution in [3.63, 3.8) is 0 Å². The first-order valence-corrected chi connectivity index (χ1v) is 6.01. The van der Waals surface area contributed by atoms with E-state index in [1.54, 1.807) is 11.0 Å². The van der Waals surface area contributed by atoms with Crippen LogP contribution in [0.15, 0.2) is 10.7 Å². The predicted octanol–water partition coefficient (Wildman–Crippen LogP) is 0.769. The average Bonchev–Trinajstić information content (AvgIpc) is 2.13. The zero-order valence-corrected chi connectivity index (χ0v) is 11.4. The van der Waals surface area contributed by atoms with Crippen LogP contribution in [0.3, 0.4) is 0 Å². The van der Waals surface area contributed by atoms with Gasteiger partial charge in [-0.2, -0.15) is 4.98 Å². The van der Waals surface area contributed by atoms with E-state index in [-0.39, 0.29) is 6.54 Å². The molecule has 0 saturated carbocycles. The molecule has 0 aliphatic rings. The molecule has 4 N–H and O–H groups in total. The molecule has 1 heterocycles. The number of halogens is 1. The lowest BCUT2D eigenvalue weighted by molar-refractivity contribution is -0.116. The summed E-state index contributed by atoms with van der Waals surface area (Å²) in [4.78, 5) is 21.0. The van der Waals surface area contributed by atoms with Crippen LogP contribution in [-0.4, -0.2) is 29.0 Å². The molecule has 0 atom stereocenters. The summed E-state index contributed by atoms with van der Waals surface area (Å²) in [6, 6.07) is 1.60. The van der Waals surface area contributed by atoms with E-state index in [2.05, 4.69) is 25.9 Å². The minimum absolute atomic E-state index is 0.0775. The molecule has 0 aliphatic carbocycles. The van der Waals surface area contributed by atoms with E-state index in [4.69, 9.17) is 11.5 Å². The highest BCUT2D eigenvalue weighted by Crippen LogP contribution is 2.16. The lowest BCUT2D eigenvalue weighted by atomic mass is 10.2. The zero-order valence-electron chi connectivity index (χ0n) is 9.85. The molecule has 7 heteroatoms. The van der Waals surface area contributed by atoms with Crippen LogP contribution >= 0.6 is 15.9 Å². The molecule has 17 heavy (non-hydrogen) atoms. The molecule has 0 radical (unpaired) electrons. The van der Waals surface area contributed by atoms with Crippen LogP contribution < -0.4 is 16.4 Å². The highest BCUT2D eigenvalue weighted by atomic mass is 79.9. The molecule has 0 saturated heterocycles. The smallest absolute Gasteiger partial charge is 0.237 e. The van der Waals surface area contributed by atoms with Crippen LogP contribution in [0, 0.1) is 5.92 Å². The number of aromatic nitrogens is 2. The van der Waals surface area contributed by atoms with Gasteiger partial charge in [-0.15, -0.1) is 0 Å². The summed E-state index contributed by atoms with van der Waals surface area (Å²) in [5, 5.41) is 0. The van der Waals surface area contributed by atoms with Gasteiger partial charge in [-0.25, -0.2) is 4.98 Å². The minimum atomic E-state index is -0.423. The van der Waals surface area contributed by atoms with Crippen molar-refractivity contribution < 1.29 is 4.79 Å². The monoisotopic (exact) mass is 301 g/mol. The topological polar surface area (TPSA) is 98.1 Å². The van der Waals surface area contributed by atoms with Crippen molar-refractivity contribution in [3.05, 3.63) is 10.7 Å². The number of carbonyl (C=O) groups is 1. The fourth-order valence-corrected chi connectivity index (χ4v) is 1.80. The van der Waals surface area contributed by atoms with Crippen LogP contribution in [0.5, 0.6) is 0 Å². The van der Waals surface area contributed by atoms with Crippen molar-refractivity contribution in [3.8, 4) is 0 Å². The van der Waals surface area contributed by atoms with E-state index in [0.29, 0.717) is 28.8 Å². The van der Waals surface area contributed by atoms with E-state index in [1.807, 2.05) is 13.8 Å². The third-order valence-electron chi connectivity index (χ3n) is 1.92. The number of amides is 1. The first-order chi connectivity index (χ1) is 7.88. The summed E-state index contributed by atoms with van der Waals surface area (Å²) < 4.78 is 0.582. The lowest BCUT2D eigenvalue weighted by Gasteiger charge is -2.23. The van der Waals surface area contributed by atoms with Crippen LogP contribution in [0.2, 0.25) is 0 Å². The van der Waals surface area contributed by atoms with Crippen LogP contribution in [0.1, 0.15) is 13.8 Å². The van der Waals surface area contributed by atoms with Gasteiger partial charge < -0.3 is 16.4 Å². The van der Waals surface area contributed by atoms with Gasteiger partial charge in [0.1, 0.15) is 10.4 Å². The fourth-order valence-electron chi connectivity index (χ4n) is 1.41. The van der Waals surface area contributed by atoms with Gasteiger partial charge in [-0.3, -0.25) is 4.79 Å². The van der Waals surface area contributed by atoms with E-state index in [1.165, 1.54) is 0 Å². The molecular weight excluding hydrogens is 286 g/mol. The Labute approximate surface area is 109 Å². The number of anilines is 2. The largest absolute Gasteiger partial charge is 0.383 e. The second-order valence-electron chi connectivity index (χ2n) is 4.16. The Kier molecular flexibility index (Phi) is 4.68. The molecule has 0 aliphatic heterocycles. The number of nitrogens with zero attached hydrogens (tertiary/aromatic N) is 3. The van der Waals surface area contributed by atoms with Gasteiger partial charge in [-0.05, 0) is 21.8 Å². The second kappa shape index (κ2) is 5.81. The highest BCUT2D eigenvalue weighted by molar-refractivity contribution is 9.10. The molecule has 0 aromatic carbocycles. The van der Waals surface area contributed by atoms with Gasteiger partial charge in [-0.1, -0.05) is 13.8 Å². The number of hydrogen-bond acceptors (Lipinski definition) is 5. The van der Waals surface area contributed by atoms with E-state index in [9.17, 15) is 4.79 Å². The van der Waals surface area contributed by atoms with Gasteiger partial charge in [0.15, 0.2) is 0 Å².